The predicted octanol–water partition coefficient (Wildman–Crippen LogP) is 5.16. The standard InChI is InChI=1S/C13H11BrN2.C11H12N2O2/c1-2-11-13-9(5-6-15-11)10-7-8(14)3-4-12(10)16-13;12-9(11(14)15)5-7-6-13-10-4-2-1-3-8(7)10/h3-7,16H,2H2,1H3;1-4,6,9,13H,5,12H2,(H,14,15)/t;9-/m.0/s1. The Bertz CT molecular complexity index is 1370. The summed E-state index contributed by atoms with van der Waals surface area (Å²) in [4.78, 5) is 21.6. The molecular formula is C24H23BrN4O2. The van der Waals surface area contributed by atoms with Crippen LogP contribution < -0.4 is 5.73 Å². The van der Waals surface area contributed by atoms with Crippen LogP contribution in [0.4, 0.5) is 0 Å². The van der Waals surface area contributed by atoms with Crippen LogP contribution in [0.15, 0.2) is 65.4 Å². The number of nitrogens with two attached hydrogens (primary N) is 1. The molecule has 0 bridgehead atoms. The van der Waals surface area contributed by atoms with Crippen LogP contribution in [-0.4, -0.2) is 32.1 Å². The van der Waals surface area contributed by atoms with Crippen molar-refractivity contribution in [1.29, 1.82) is 0 Å². The highest BCUT2D eigenvalue weighted by Crippen LogP contribution is 2.29. The van der Waals surface area contributed by atoms with Gasteiger partial charge >= 0.3 is 5.97 Å². The van der Waals surface area contributed by atoms with Crippen molar-refractivity contribution in [2.75, 3.05) is 0 Å². The monoisotopic (exact) mass is 478 g/mol. The first-order valence-electron chi connectivity index (χ1n) is 10.1. The van der Waals surface area contributed by atoms with Gasteiger partial charge in [0, 0.05) is 50.5 Å². The Hall–Kier alpha value is -3.16. The number of pyridine rings is 1. The van der Waals surface area contributed by atoms with E-state index in [4.69, 9.17) is 10.8 Å². The normalized spacial score (nSPS) is 12.1. The molecule has 0 unspecified atom stereocenters. The molecule has 0 aliphatic rings. The number of halogens is 1. The zero-order valence-electron chi connectivity index (χ0n) is 17.0. The van der Waals surface area contributed by atoms with E-state index in [0.717, 1.165) is 38.6 Å². The third kappa shape index (κ3) is 4.33. The van der Waals surface area contributed by atoms with Crippen LogP contribution in [0.5, 0.6) is 0 Å². The van der Waals surface area contributed by atoms with Gasteiger partial charge in [-0.05, 0) is 42.3 Å². The van der Waals surface area contributed by atoms with Gasteiger partial charge in [-0.2, -0.15) is 0 Å². The molecule has 2 aromatic carbocycles. The van der Waals surface area contributed by atoms with Crippen LogP contribution in [0.1, 0.15) is 18.2 Å². The van der Waals surface area contributed by atoms with Gasteiger partial charge < -0.3 is 20.8 Å². The van der Waals surface area contributed by atoms with Gasteiger partial charge in [-0.25, -0.2) is 0 Å². The molecule has 6 nitrogen and oxygen atoms in total. The number of nitrogens with zero attached hydrogens (tertiary/aromatic N) is 1. The quantitative estimate of drug-likeness (QED) is 0.286. The number of aryl methyl sites for hydroxylation is 1. The summed E-state index contributed by atoms with van der Waals surface area (Å²) in [5.41, 5.74) is 10.9. The average molecular weight is 479 g/mol. The molecule has 0 saturated heterocycles. The van der Waals surface area contributed by atoms with Crippen molar-refractivity contribution in [3.05, 3.63) is 76.7 Å². The van der Waals surface area contributed by atoms with Gasteiger partial charge in [-0.15, -0.1) is 0 Å². The lowest BCUT2D eigenvalue weighted by Gasteiger charge is -2.04. The second kappa shape index (κ2) is 8.91. The Morgan fingerprint density at radius 1 is 1.13 bits per heavy atom. The topological polar surface area (TPSA) is 108 Å². The van der Waals surface area contributed by atoms with Gasteiger partial charge in [-0.1, -0.05) is 41.1 Å². The summed E-state index contributed by atoms with van der Waals surface area (Å²) >= 11 is 3.51. The van der Waals surface area contributed by atoms with E-state index in [1.807, 2.05) is 36.7 Å². The second-order valence-electron chi connectivity index (χ2n) is 7.36. The fourth-order valence-electron chi connectivity index (χ4n) is 3.74. The van der Waals surface area contributed by atoms with Gasteiger partial charge in [0.1, 0.15) is 6.04 Å². The zero-order chi connectivity index (χ0) is 22.0. The van der Waals surface area contributed by atoms with E-state index >= 15 is 0 Å². The second-order valence-corrected chi connectivity index (χ2v) is 8.27. The summed E-state index contributed by atoms with van der Waals surface area (Å²) in [7, 11) is 0. The van der Waals surface area contributed by atoms with Crippen molar-refractivity contribution in [2.45, 2.75) is 25.8 Å². The van der Waals surface area contributed by atoms with E-state index in [0.29, 0.717) is 6.42 Å². The van der Waals surface area contributed by atoms with Crippen molar-refractivity contribution in [1.82, 2.24) is 15.0 Å². The smallest absolute Gasteiger partial charge is 0.320 e. The maximum atomic E-state index is 10.6. The molecule has 0 fully saturated rings. The fourth-order valence-corrected chi connectivity index (χ4v) is 4.11. The molecule has 0 aliphatic heterocycles. The number of H-pyrrole nitrogens is 2. The molecule has 3 aromatic heterocycles. The Morgan fingerprint density at radius 2 is 1.94 bits per heavy atom. The van der Waals surface area contributed by atoms with Crippen LogP contribution in [-0.2, 0) is 17.6 Å². The molecule has 5 N–H and O–H groups in total. The van der Waals surface area contributed by atoms with E-state index in [2.05, 4.69) is 62.1 Å². The van der Waals surface area contributed by atoms with E-state index in [9.17, 15) is 4.79 Å². The average Bonchev–Trinajstić information content (AvgIpc) is 3.35. The van der Waals surface area contributed by atoms with Crippen LogP contribution in [0.25, 0.3) is 32.7 Å². The molecule has 0 aliphatic carbocycles. The Balaban J connectivity index is 0.000000150. The number of aliphatic carboxylic acids is 1. The Kier molecular flexibility index (Phi) is 6.06. The molecule has 1 atom stereocenters. The molecule has 158 valence electrons. The fraction of sp³-hybridized carbons (Fsp3) is 0.167. The highest BCUT2D eigenvalue weighted by Gasteiger charge is 2.14. The third-order valence-electron chi connectivity index (χ3n) is 5.33. The van der Waals surface area contributed by atoms with Crippen LogP contribution in [0.2, 0.25) is 0 Å². The van der Waals surface area contributed by atoms with Crippen molar-refractivity contribution >= 4 is 54.6 Å². The lowest BCUT2D eigenvalue weighted by Crippen LogP contribution is -2.32. The number of benzene rings is 2. The van der Waals surface area contributed by atoms with Crippen LogP contribution >= 0.6 is 15.9 Å². The number of carboxylic acids is 1. The van der Waals surface area contributed by atoms with Crippen molar-refractivity contribution in [3.63, 3.8) is 0 Å². The molecule has 0 amide bonds. The summed E-state index contributed by atoms with van der Waals surface area (Å²) in [6.45, 7) is 2.13. The number of nitrogens with one attached hydrogen (secondary N) is 2. The summed E-state index contributed by atoms with van der Waals surface area (Å²) in [6.07, 6.45) is 4.99. The van der Waals surface area contributed by atoms with E-state index < -0.39 is 12.0 Å². The predicted molar refractivity (Wildman–Crippen MR) is 128 cm³/mol. The zero-order valence-corrected chi connectivity index (χ0v) is 18.6. The first kappa shape index (κ1) is 21.1. The van der Waals surface area contributed by atoms with Gasteiger partial charge in [0.25, 0.3) is 0 Å². The Morgan fingerprint density at radius 3 is 2.71 bits per heavy atom. The maximum absolute atomic E-state index is 10.6. The molecule has 5 aromatic rings. The summed E-state index contributed by atoms with van der Waals surface area (Å²) in [6, 6.07) is 15.3. The summed E-state index contributed by atoms with van der Waals surface area (Å²) < 4.78 is 1.11. The number of hydrogen-bond acceptors (Lipinski definition) is 3. The number of hydrogen-bond donors (Lipinski definition) is 4. The number of carboxylic acid groups (broad SMARTS) is 1. The van der Waals surface area contributed by atoms with Crippen molar-refractivity contribution < 1.29 is 9.90 Å². The van der Waals surface area contributed by atoms with Crippen molar-refractivity contribution in [2.24, 2.45) is 5.73 Å². The lowest BCUT2D eigenvalue weighted by molar-refractivity contribution is -0.138. The minimum Gasteiger partial charge on any atom is -0.480 e. The lowest BCUT2D eigenvalue weighted by atomic mass is 10.1. The summed E-state index contributed by atoms with van der Waals surface area (Å²) in [5.74, 6) is -0.972. The minimum atomic E-state index is -0.972. The molecular weight excluding hydrogens is 456 g/mol. The molecule has 7 heteroatoms. The van der Waals surface area contributed by atoms with Gasteiger partial charge in [0.05, 0.1) is 11.2 Å². The van der Waals surface area contributed by atoms with E-state index in [1.54, 1.807) is 0 Å². The van der Waals surface area contributed by atoms with Gasteiger partial charge in [0.15, 0.2) is 0 Å². The number of aromatic nitrogens is 3. The first-order chi connectivity index (χ1) is 15.0. The van der Waals surface area contributed by atoms with Crippen molar-refractivity contribution in [3.8, 4) is 0 Å². The summed E-state index contributed by atoms with van der Waals surface area (Å²) in [5, 5.41) is 12.3. The Labute approximate surface area is 187 Å². The number of para-hydroxylation sites is 1. The highest BCUT2D eigenvalue weighted by atomic mass is 79.9. The SMILES string of the molecule is CCc1nccc2c1[nH]c1ccc(Br)cc12.N[C@@H](Cc1c[nH]c2ccccc12)C(=O)O. The van der Waals surface area contributed by atoms with E-state index in [-0.39, 0.29) is 0 Å². The third-order valence-corrected chi connectivity index (χ3v) is 5.82. The number of rotatable bonds is 4. The molecule has 0 saturated carbocycles. The number of aromatic amines is 2. The number of carbonyl (C=O) groups is 1. The first-order valence-corrected chi connectivity index (χ1v) is 10.9. The molecule has 5 rings (SSSR count). The highest BCUT2D eigenvalue weighted by molar-refractivity contribution is 9.10. The van der Waals surface area contributed by atoms with E-state index in [1.165, 1.54) is 16.3 Å². The maximum Gasteiger partial charge on any atom is 0.320 e. The largest absolute Gasteiger partial charge is 0.480 e. The van der Waals surface area contributed by atoms with Crippen LogP contribution in [0.3, 0.4) is 0 Å². The molecule has 31 heavy (non-hydrogen) atoms. The molecule has 0 spiro atoms. The minimum absolute atomic E-state index is 0.347. The molecule has 0 radical (unpaired) electrons. The van der Waals surface area contributed by atoms with Gasteiger partial charge in [-0.3, -0.25) is 9.78 Å². The van der Waals surface area contributed by atoms with Gasteiger partial charge in [0.2, 0.25) is 0 Å². The van der Waals surface area contributed by atoms with Crippen LogP contribution in [0, 0.1) is 0 Å². The number of fused-ring (bicyclic) bond motifs is 4. The molecule has 3 heterocycles.